The standard InChI is InChI=1S/C43H42N4O2.Pd/c1-9-48-33-19-20-44-40(25-33)46-38-16-11-10-15-36(38)37-18-17-35(24-39(37)46)49-34-14-12-13-32(23-34)47-43(27(4)5)41(42(45-47)26(2)3)31-21-28(6)30(8)29(7)22-31;/h10-22,25-27H,9H2,1-8H3;/q-2;+2. The Morgan fingerprint density at radius 1 is 0.780 bits per heavy atom. The van der Waals surface area contributed by atoms with Crippen LogP contribution in [0.2, 0.25) is 0 Å². The third-order valence-electron chi connectivity index (χ3n) is 9.27. The van der Waals surface area contributed by atoms with Crippen LogP contribution in [0.25, 0.3) is 44.4 Å². The number of benzene rings is 4. The molecule has 50 heavy (non-hydrogen) atoms. The van der Waals surface area contributed by atoms with Crippen LogP contribution >= 0.6 is 0 Å². The molecule has 0 fully saturated rings. The largest absolute Gasteiger partial charge is 2.00 e. The molecule has 0 atom stereocenters. The Balaban J connectivity index is 0.00000432. The quantitative estimate of drug-likeness (QED) is 0.109. The Morgan fingerprint density at radius 2 is 1.52 bits per heavy atom. The number of aromatic nitrogens is 4. The first-order chi connectivity index (χ1) is 23.6. The van der Waals surface area contributed by atoms with Gasteiger partial charge >= 0.3 is 20.4 Å². The monoisotopic (exact) mass is 752 g/mol. The predicted molar refractivity (Wildman–Crippen MR) is 199 cm³/mol. The fourth-order valence-electron chi connectivity index (χ4n) is 6.73. The second-order valence-electron chi connectivity index (χ2n) is 13.3. The first-order valence-corrected chi connectivity index (χ1v) is 17.1. The maximum Gasteiger partial charge on any atom is 2.00 e. The second kappa shape index (κ2) is 14.3. The van der Waals surface area contributed by atoms with Crippen LogP contribution in [0, 0.1) is 32.9 Å². The summed E-state index contributed by atoms with van der Waals surface area (Å²) in [6.07, 6.45) is 1.78. The number of pyridine rings is 1. The molecule has 0 aliphatic carbocycles. The fourth-order valence-corrected chi connectivity index (χ4v) is 6.73. The van der Waals surface area contributed by atoms with Gasteiger partial charge in [-0.2, -0.15) is 17.2 Å². The van der Waals surface area contributed by atoms with Crippen LogP contribution in [0.15, 0.2) is 85.1 Å². The zero-order chi connectivity index (χ0) is 34.4. The molecular formula is C43H42N4O2Pd. The van der Waals surface area contributed by atoms with E-state index < -0.39 is 0 Å². The Morgan fingerprint density at radius 3 is 2.24 bits per heavy atom. The van der Waals surface area contributed by atoms with E-state index in [1.54, 1.807) is 6.20 Å². The molecule has 7 aromatic rings. The van der Waals surface area contributed by atoms with Crippen LogP contribution in [0.5, 0.6) is 17.2 Å². The molecule has 0 aliphatic rings. The van der Waals surface area contributed by atoms with E-state index in [-0.39, 0.29) is 32.3 Å². The number of aryl methyl sites for hydroxylation is 2. The summed E-state index contributed by atoms with van der Waals surface area (Å²) < 4.78 is 16.5. The summed E-state index contributed by atoms with van der Waals surface area (Å²) in [6, 6.07) is 33.9. The first-order valence-electron chi connectivity index (χ1n) is 17.1. The summed E-state index contributed by atoms with van der Waals surface area (Å²) in [5.41, 5.74) is 11.3. The van der Waals surface area contributed by atoms with Gasteiger partial charge in [-0.1, -0.05) is 63.5 Å². The first kappa shape index (κ1) is 35.1. The van der Waals surface area contributed by atoms with Crippen molar-refractivity contribution in [2.45, 2.75) is 67.2 Å². The van der Waals surface area contributed by atoms with Gasteiger partial charge in [0, 0.05) is 34.8 Å². The van der Waals surface area contributed by atoms with Crippen molar-refractivity contribution in [3.05, 3.63) is 125 Å². The average molecular weight is 753 g/mol. The summed E-state index contributed by atoms with van der Waals surface area (Å²) in [6.45, 7) is 18.0. The van der Waals surface area contributed by atoms with Gasteiger partial charge in [0.2, 0.25) is 0 Å². The second-order valence-corrected chi connectivity index (χ2v) is 13.3. The number of ether oxygens (including phenoxy) is 2. The molecule has 7 heteroatoms. The molecular weight excluding hydrogens is 711 g/mol. The number of fused-ring (bicyclic) bond motifs is 3. The SMILES string of the molecule is CCOc1ccnc(-n2c3[c-]c(Oc4[c-]c(-n5nc(C(C)C)c(-c6cc(C)c(C)c(C)c6)c5C(C)C)ccc4)ccc3c3ccccc32)c1.[Pd+2]. The van der Waals surface area contributed by atoms with Crippen LogP contribution in [0.3, 0.4) is 0 Å². The predicted octanol–water partition coefficient (Wildman–Crippen LogP) is 11.0. The zero-order valence-corrected chi connectivity index (χ0v) is 31.4. The summed E-state index contributed by atoms with van der Waals surface area (Å²) in [7, 11) is 0. The molecule has 7 rings (SSSR count). The van der Waals surface area contributed by atoms with Crippen molar-refractivity contribution in [1.29, 1.82) is 0 Å². The maximum atomic E-state index is 6.50. The van der Waals surface area contributed by atoms with Crippen LogP contribution in [-0.2, 0) is 20.4 Å². The number of hydrogen-bond donors (Lipinski definition) is 0. The maximum absolute atomic E-state index is 6.50. The number of rotatable bonds is 9. The third kappa shape index (κ3) is 6.37. The Hall–Kier alpha value is -4.70. The van der Waals surface area contributed by atoms with E-state index >= 15 is 0 Å². The normalized spacial score (nSPS) is 11.5. The Labute approximate surface area is 308 Å². The van der Waals surface area contributed by atoms with Crippen molar-refractivity contribution < 1.29 is 29.9 Å². The minimum absolute atomic E-state index is 0. The van der Waals surface area contributed by atoms with Gasteiger partial charge in [0.15, 0.2) is 0 Å². The van der Waals surface area contributed by atoms with Gasteiger partial charge in [-0.25, -0.2) is 4.98 Å². The van der Waals surface area contributed by atoms with E-state index in [4.69, 9.17) is 19.6 Å². The van der Waals surface area contributed by atoms with Gasteiger partial charge in [-0.15, -0.1) is 35.7 Å². The topological polar surface area (TPSA) is 54.1 Å². The Bertz CT molecular complexity index is 2310. The van der Waals surface area contributed by atoms with Crippen LogP contribution < -0.4 is 9.47 Å². The molecule has 0 saturated heterocycles. The van der Waals surface area contributed by atoms with Gasteiger partial charge in [0.1, 0.15) is 11.6 Å². The van der Waals surface area contributed by atoms with Crippen LogP contribution in [0.1, 0.15) is 74.5 Å². The van der Waals surface area contributed by atoms with E-state index in [9.17, 15) is 0 Å². The summed E-state index contributed by atoms with van der Waals surface area (Å²) in [5, 5.41) is 7.43. The van der Waals surface area contributed by atoms with Crippen molar-refractivity contribution in [1.82, 2.24) is 19.3 Å². The molecule has 0 unspecified atom stereocenters. The molecule has 0 bridgehead atoms. The summed E-state index contributed by atoms with van der Waals surface area (Å²) in [4.78, 5) is 4.71. The minimum Gasteiger partial charge on any atom is -0.509 e. The van der Waals surface area contributed by atoms with Crippen LogP contribution in [0.4, 0.5) is 0 Å². The molecule has 0 amide bonds. The van der Waals surface area contributed by atoms with E-state index in [1.807, 2.05) is 49.4 Å². The number of hydrogen-bond acceptors (Lipinski definition) is 4. The molecule has 0 radical (unpaired) electrons. The van der Waals surface area contributed by atoms with E-state index in [1.165, 1.54) is 33.5 Å². The van der Waals surface area contributed by atoms with Crippen molar-refractivity contribution in [3.8, 4) is 39.9 Å². The van der Waals surface area contributed by atoms with Crippen LogP contribution in [-0.4, -0.2) is 25.9 Å². The van der Waals surface area contributed by atoms with E-state index in [0.717, 1.165) is 44.8 Å². The van der Waals surface area contributed by atoms with E-state index in [0.29, 0.717) is 18.1 Å². The van der Waals surface area contributed by atoms with Crippen molar-refractivity contribution >= 4 is 21.8 Å². The summed E-state index contributed by atoms with van der Waals surface area (Å²) >= 11 is 0. The number of para-hydroxylation sites is 1. The van der Waals surface area contributed by atoms with Gasteiger partial charge in [-0.05, 0) is 85.0 Å². The van der Waals surface area contributed by atoms with Crippen molar-refractivity contribution in [3.63, 3.8) is 0 Å². The zero-order valence-electron chi connectivity index (χ0n) is 29.9. The number of nitrogens with zero attached hydrogens (tertiary/aromatic N) is 4. The fraction of sp³-hybridized carbons (Fsp3) is 0.256. The average Bonchev–Trinajstić information content (AvgIpc) is 3.65. The molecule has 0 spiro atoms. The van der Waals surface area contributed by atoms with E-state index in [2.05, 4.69) is 106 Å². The molecule has 6 nitrogen and oxygen atoms in total. The van der Waals surface area contributed by atoms with Gasteiger partial charge in [-0.3, -0.25) is 4.68 Å². The van der Waals surface area contributed by atoms with Gasteiger partial charge in [0.05, 0.1) is 18.0 Å². The molecule has 256 valence electrons. The van der Waals surface area contributed by atoms with Crippen molar-refractivity contribution in [2.24, 2.45) is 0 Å². The molecule has 0 saturated carbocycles. The van der Waals surface area contributed by atoms with Crippen molar-refractivity contribution in [2.75, 3.05) is 6.61 Å². The molecule has 3 heterocycles. The smallest absolute Gasteiger partial charge is 0.509 e. The third-order valence-corrected chi connectivity index (χ3v) is 9.27. The van der Waals surface area contributed by atoms with Gasteiger partial charge < -0.3 is 14.0 Å². The molecule has 0 aliphatic heterocycles. The molecule has 3 aromatic heterocycles. The minimum atomic E-state index is 0. The summed E-state index contributed by atoms with van der Waals surface area (Å²) in [5.74, 6) is 3.17. The molecule has 0 N–H and O–H groups in total. The van der Waals surface area contributed by atoms with Gasteiger partial charge in [0.25, 0.3) is 0 Å². The Kier molecular flexibility index (Phi) is 10.0. The molecule has 4 aromatic carbocycles.